The second kappa shape index (κ2) is 9.68. The van der Waals surface area contributed by atoms with Gasteiger partial charge >= 0.3 is 0 Å². The van der Waals surface area contributed by atoms with Crippen LogP contribution in [-0.4, -0.2) is 53.9 Å². The molecule has 2 saturated heterocycles. The molecule has 6 nitrogen and oxygen atoms in total. The van der Waals surface area contributed by atoms with Gasteiger partial charge in [0.2, 0.25) is 0 Å². The molecule has 4 aromatic rings. The van der Waals surface area contributed by atoms with Crippen molar-refractivity contribution < 1.29 is 9.53 Å². The molecule has 7 heteroatoms. The number of hydrogen-bond acceptors (Lipinski definition) is 5. The maximum atomic E-state index is 13.0. The Morgan fingerprint density at radius 1 is 0.889 bits per heavy atom. The van der Waals surface area contributed by atoms with Gasteiger partial charge in [0.15, 0.2) is 5.17 Å². The average molecular weight is 495 g/mol. The van der Waals surface area contributed by atoms with Crippen molar-refractivity contribution >= 4 is 51.1 Å². The van der Waals surface area contributed by atoms with Crippen molar-refractivity contribution in [3.8, 4) is 5.69 Å². The number of anilines is 1. The summed E-state index contributed by atoms with van der Waals surface area (Å²) in [5.41, 5.74) is 4.00. The van der Waals surface area contributed by atoms with Gasteiger partial charge in [-0.2, -0.15) is 0 Å². The van der Waals surface area contributed by atoms with E-state index in [1.165, 1.54) is 28.2 Å². The van der Waals surface area contributed by atoms with Crippen LogP contribution in [0.3, 0.4) is 0 Å². The Morgan fingerprint density at radius 2 is 1.64 bits per heavy atom. The maximum Gasteiger partial charge on any atom is 0.266 e. The Kier molecular flexibility index (Phi) is 6.09. The first-order valence-corrected chi connectivity index (χ1v) is 12.8. The van der Waals surface area contributed by atoms with Crippen LogP contribution < -0.4 is 4.90 Å². The average Bonchev–Trinajstić information content (AvgIpc) is 3.49. The monoisotopic (exact) mass is 494 g/mol. The minimum absolute atomic E-state index is 0.0463. The number of carbonyl (C=O) groups excluding carboxylic acids is 1. The molecular weight excluding hydrogens is 468 g/mol. The molecule has 6 rings (SSSR count). The fourth-order valence-electron chi connectivity index (χ4n) is 4.53. The van der Waals surface area contributed by atoms with E-state index in [1.54, 1.807) is 11.9 Å². The number of thioether (sulfide) groups is 1. The second-order valence-electron chi connectivity index (χ2n) is 8.82. The van der Waals surface area contributed by atoms with Crippen LogP contribution in [0.25, 0.3) is 22.5 Å². The summed E-state index contributed by atoms with van der Waals surface area (Å²) in [4.78, 5) is 22.4. The van der Waals surface area contributed by atoms with Gasteiger partial charge in [-0.15, -0.1) is 0 Å². The number of benzene rings is 3. The largest absolute Gasteiger partial charge is 0.378 e. The molecule has 3 aromatic carbocycles. The third kappa shape index (κ3) is 4.43. The highest BCUT2D eigenvalue weighted by Gasteiger charge is 2.30. The number of nitrogens with zero attached hydrogens (tertiary/aromatic N) is 4. The lowest BCUT2D eigenvalue weighted by atomic mass is 10.1. The molecular formula is C29H26N4O2S. The normalized spacial score (nSPS) is 18.6. The Hall–Kier alpha value is -3.81. The minimum atomic E-state index is -0.0463. The number of amidine groups is 1. The SMILES string of the molecule is CN1C(=O)/C(=C/c2cccn2-c2ccc3ccccc3c2)SC1=Nc1ccc(N2CCOCC2)cc1. The molecule has 0 radical (unpaired) electrons. The fourth-order valence-corrected chi connectivity index (χ4v) is 5.50. The third-order valence-electron chi connectivity index (χ3n) is 6.52. The molecule has 1 aromatic heterocycles. The van der Waals surface area contributed by atoms with Crippen LogP contribution >= 0.6 is 11.8 Å². The summed E-state index contributed by atoms with van der Waals surface area (Å²) in [6, 6.07) is 26.9. The van der Waals surface area contributed by atoms with Crippen LogP contribution in [0.5, 0.6) is 0 Å². The van der Waals surface area contributed by atoms with E-state index in [2.05, 4.69) is 51.9 Å². The third-order valence-corrected chi connectivity index (χ3v) is 7.58. The van der Waals surface area contributed by atoms with E-state index in [9.17, 15) is 4.79 Å². The van der Waals surface area contributed by atoms with Crippen LogP contribution in [0, 0.1) is 0 Å². The number of carbonyl (C=O) groups is 1. The molecule has 2 aliphatic rings. The number of likely N-dealkylation sites (N-methyl/N-ethyl adjacent to an activating group) is 1. The smallest absolute Gasteiger partial charge is 0.266 e. The predicted molar refractivity (Wildman–Crippen MR) is 148 cm³/mol. The van der Waals surface area contributed by atoms with Crippen molar-refractivity contribution in [2.75, 3.05) is 38.3 Å². The highest BCUT2D eigenvalue weighted by atomic mass is 32.2. The summed E-state index contributed by atoms with van der Waals surface area (Å²) >= 11 is 1.41. The summed E-state index contributed by atoms with van der Waals surface area (Å²) in [6.07, 6.45) is 3.97. The summed E-state index contributed by atoms with van der Waals surface area (Å²) in [5.74, 6) is -0.0463. The highest BCUT2D eigenvalue weighted by Crippen LogP contribution is 2.34. The minimum Gasteiger partial charge on any atom is -0.378 e. The molecule has 0 unspecified atom stereocenters. The highest BCUT2D eigenvalue weighted by molar-refractivity contribution is 8.18. The molecule has 0 bridgehead atoms. The standard InChI is InChI=1S/C29H26N4O2S/c1-31-28(34)27(36-29(31)30-23-9-12-24(13-10-23)32-15-17-35-18-16-32)20-25-7-4-14-33(25)26-11-8-21-5-2-3-6-22(21)19-26/h2-14,19-20H,15-18H2,1H3/b27-20-,30-29?. The van der Waals surface area contributed by atoms with Crippen molar-refractivity contribution in [2.45, 2.75) is 0 Å². The maximum absolute atomic E-state index is 13.0. The van der Waals surface area contributed by atoms with Crippen molar-refractivity contribution in [1.29, 1.82) is 0 Å². The molecule has 180 valence electrons. The zero-order chi connectivity index (χ0) is 24.5. The lowest BCUT2D eigenvalue weighted by molar-refractivity contribution is -0.121. The number of rotatable bonds is 4. The molecule has 3 heterocycles. The van der Waals surface area contributed by atoms with Gasteiger partial charge < -0.3 is 14.2 Å². The molecule has 1 amide bonds. The number of morpholine rings is 1. The first-order valence-electron chi connectivity index (χ1n) is 12.0. The van der Waals surface area contributed by atoms with Crippen molar-refractivity contribution in [2.24, 2.45) is 4.99 Å². The number of amides is 1. The lowest BCUT2D eigenvalue weighted by Gasteiger charge is -2.28. The van der Waals surface area contributed by atoms with Gasteiger partial charge in [0.25, 0.3) is 5.91 Å². The summed E-state index contributed by atoms with van der Waals surface area (Å²) in [6.45, 7) is 3.31. The number of fused-ring (bicyclic) bond motifs is 1. The van der Waals surface area contributed by atoms with E-state index < -0.39 is 0 Å². The van der Waals surface area contributed by atoms with Crippen molar-refractivity contribution in [1.82, 2.24) is 9.47 Å². The Bertz CT molecular complexity index is 1480. The Morgan fingerprint density at radius 3 is 2.44 bits per heavy atom. The molecule has 0 atom stereocenters. The zero-order valence-electron chi connectivity index (χ0n) is 20.0. The van der Waals surface area contributed by atoms with Gasteiger partial charge in [-0.05, 0) is 77.1 Å². The van der Waals surface area contributed by atoms with E-state index >= 15 is 0 Å². The summed E-state index contributed by atoms with van der Waals surface area (Å²) in [5, 5.41) is 3.06. The lowest BCUT2D eigenvalue weighted by Crippen LogP contribution is -2.36. The van der Waals surface area contributed by atoms with Crippen LogP contribution in [-0.2, 0) is 9.53 Å². The number of ether oxygens (including phenoxy) is 1. The summed E-state index contributed by atoms with van der Waals surface area (Å²) in [7, 11) is 1.78. The molecule has 0 N–H and O–H groups in total. The number of hydrogen-bond donors (Lipinski definition) is 0. The van der Waals surface area contributed by atoms with Crippen molar-refractivity contribution in [3.05, 3.63) is 95.7 Å². The molecule has 0 aliphatic carbocycles. The molecule has 0 saturated carbocycles. The molecule has 2 aliphatic heterocycles. The quantitative estimate of drug-likeness (QED) is 0.342. The Labute approximate surface area is 214 Å². The van der Waals surface area contributed by atoms with Gasteiger partial charge in [0.1, 0.15) is 0 Å². The Balaban J connectivity index is 1.24. The molecule has 2 fully saturated rings. The molecule has 0 spiro atoms. The molecule has 36 heavy (non-hydrogen) atoms. The van der Waals surface area contributed by atoms with Crippen LogP contribution in [0.4, 0.5) is 11.4 Å². The van der Waals surface area contributed by atoms with Crippen LogP contribution in [0.1, 0.15) is 5.69 Å². The topological polar surface area (TPSA) is 50.1 Å². The fraction of sp³-hybridized carbons (Fsp3) is 0.172. The van der Waals surface area contributed by atoms with Gasteiger partial charge in [-0.25, -0.2) is 4.99 Å². The number of aliphatic imine (C=N–C) groups is 1. The first-order chi connectivity index (χ1) is 17.7. The first kappa shape index (κ1) is 22.6. The van der Waals surface area contributed by atoms with Gasteiger partial charge in [-0.3, -0.25) is 9.69 Å². The van der Waals surface area contributed by atoms with Gasteiger partial charge in [0, 0.05) is 43.4 Å². The summed E-state index contributed by atoms with van der Waals surface area (Å²) < 4.78 is 7.55. The van der Waals surface area contributed by atoms with Crippen LogP contribution in [0.2, 0.25) is 0 Å². The van der Waals surface area contributed by atoms with Gasteiger partial charge in [0.05, 0.1) is 23.8 Å². The van der Waals surface area contributed by atoms with Crippen molar-refractivity contribution in [3.63, 3.8) is 0 Å². The van der Waals surface area contributed by atoms with Gasteiger partial charge in [-0.1, -0.05) is 30.3 Å². The van der Waals surface area contributed by atoms with E-state index in [-0.39, 0.29) is 5.91 Å². The predicted octanol–water partition coefficient (Wildman–Crippen LogP) is 5.70. The number of aromatic nitrogens is 1. The van der Waals surface area contributed by atoms with E-state index in [1.807, 2.05) is 48.7 Å². The van der Waals surface area contributed by atoms with E-state index in [4.69, 9.17) is 9.73 Å². The van der Waals surface area contributed by atoms with E-state index in [0.29, 0.717) is 10.1 Å². The van der Waals surface area contributed by atoms with E-state index in [0.717, 1.165) is 43.4 Å². The van der Waals surface area contributed by atoms with Crippen LogP contribution in [0.15, 0.2) is 95.0 Å². The second-order valence-corrected chi connectivity index (χ2v) is 9.83. The zero-order valence-corrected chi connectivity index (χ0v) is 20.8.